The Morgan fingerprint density at radius 1 is 1.06 bits per heavy atom. The average molecular weight is 512 g/mol. The maximum absolute atomic E-state index is 12.3. The zero-order chi connectivity index (χ0) is 24.1. The monoisotopic (exact) mass is 511 g/mol. The third-order valence-electron chi connectivity index (χ3n) is 4.67. The van der Waals surface area contributed by atoms with Crippen LogP contribution in [0.5, 0.6) is 5.75 Å². The molecule has 9 heteroatoms. The number of thioether (sulfide) groups is 1. The molecule has 3 aromatic carbocycles. The number of nitrogens with zero attached hydrogens (tertiary/aromatic N) is 1. The zero-order valence-corrected chi connectivity index (χ0v) is 20.3. The van der Waals surface area contributed by atoms with E-state index in [2.05, 4.69) is 15.6 Å². The van der Waals surface area contributed by atoms with Gasteiger partial charge in [-0.25, -0.2) is 4.99 Å². The lowest BCUT2D eigenvalue weighted by Crippen LogP contribution is -2.20. The molecule has 34 heavy (non-hydrogen) atoms. The third kappa shape index (κ3) is 6.41. The number of nitrogens with one attached hydrogen (secondary N) is 2. The third-order valence-corrected chi connectivity index (χ3v) is 6.32. The number of carbonyl (C=O) groups is 2. The first-order valence-electron chi connectivity index (χ1n) is 10.2. The van der Waals surface area contributed by atoms with E-state index in [4.69, 9.17) is 27.9 Å². The highest BCUT2D eigenvalue weighted by atomic mass is 35.5. The fourth-order valence-electron chi connectivity index (χ4n) is 2.95. The topological polar surface area (TPSA) is 79.8 Å². The fraction of sp³-hybridized carbons (Fsp3) is 0.0800. The summed E-state index contributed by atoms with van der Waals surface area (Å²) in [5.74, 6) is -0.00393. The molecule has 0 bridgehead atoms. The number of aliphatic imine (C=N–C) groups is 1. The molecule has 0 aromatic heterocycles. The summed E-state index contributed by atoms with van der Waals surface area (Å²) in [6.45, 7) is 1.84. The van der Waals surface area contributed by atoms with Gasteiger partial charge in [0.1, 0.15) is 5.75 Å². The Morgan fingerprint density at radius 3 is 2.50 bits per heavy atom. The number of ether oxygens (including phenoxy) is 1. The van der Waals surface area contributed by atoms with Gasteiger partial charge in [0.2, 0.25) is 0 Å². The minimum atomic E-state index is -0.330. The van der Waals surface area contributed by atoms with Gasteiger partial charge in [-0.05, 0) is 72.8 Å². The Kier molecular flexibility index (Phi) is 7.57. The summed E-state index contributed by atoms with van der Waals surface area (Å²) in [5, 5.41) is 6.77. The average Bonchev–Trinajstić information content (AvgIpc) is 3.16. The highest BCUT2D eigenvalue weighted by Crippen LogP contribution is 2.29. The second kappa shape index (κ2) is 10.8. The standard InChI is InChI=1S/C25H19Cl2N3O3S/c1-15-2-6-17(7-3-15)29-25-30-24(32)22(34-25)12-16-4-9-19(10-5-16)33-14-23(31)28-18-8-11-20(26)21(27)13-18/h2-13H,14H2,1H3,(H,28,31)(H,29,30,32)/b22-12+. The summed E-state index contributed by atoms with van der Waals surface area (Å²) in [5.41, 5.74) is 3.27. The van der Waals surface area contributed by atoms with Crippen molar-refractivity contribution in [2.75, 3.05) is 11.9 Å². The van der Waals surface area contributed by atoms with E-state index in [1.807, 2.05) is 43.3 Å². The molecule has 0 atom stereocenters. The molecule has 4 rings (SSSR count). The number of rotatable bonds is 6. The van der Waals surface area contributed by atoms with E-state index < -0.39 is 0 Å². The Bertz CT molecular complexity index is 1290. The van der Waals surface area contributed by atoms with E-state index in [0.717, 1.165) is 16.8 Å². The second-order valence-corrected chi connectivity index (χ2v) is 9.20. The Hall–Kier alpha value is -3.26. The van der Waals surface area contributed by atoms with Crippen molar-refractivity contribution in [2.45, 2.75) is 6.92 Å². The predicted molar refractivity (Wildman–Crippen MR) is 139 cm³/mol. The van der Waals surface area contributed by atoms with Crippen molar-refractivity contribution in [3.8, 4) is 5.75 Å². The van der Waals surface area contributed by atoms with Crippen LogP contribution in [0.15, 0.2) is 76.6 Å². The van der Waals surface area contributed by atoms with Crippen LogP contribution in [0.1, 0.15) is 11.1 Å². The molecule has 2 N–H and O–H groups in total. The lowest BCUT2D eigenvalue weighted by molar-refractivity contribution is -0.118. The van der Waals surface area contributed by atoms with Gasteiger partial charge in [-0.2, -0.15) is 0 Å². The van der Waals surface area contributed by atoms with Crippen molar-refractivity contribution in [3.05, 3.63) is 92.8 Å². The van der Waals surface area contributed by atoms with Crippen LogP contribution < -0.4 is 15.4 Å². The molecule has 1 aliphatic heterocycles. The SMILES string of the molecule is Cc1ccc(N=C2NC(=O)/C(=C\c3ccc(OCC(=O)Nc4ccc(Cl)c(Cl)c4)cc3)S2)cc1. The van der Waals surface area contributed by atoms with Crippen LogP contribution in [0.25, 0.3) is 6.08 Å². The lowest BCUT2D eigenvalue weighted by Gasteiger charge is -2.08. The maximum atomic E-state index is 12.3. The van der Waals surface area contributed by atoms with E-state index in [-0.39, 0.29) is 18.4 Å². The van der Waals surface area contributed by atoms with Crippen molar-refractivity contribution in [3.63, 3.8) is 0 Å². The maximum Gasteiger partial charge on any atom is 0.264 e. The summed E-state index contributed by atoms with van der Waals surface area (Å²) < 4.78 is 5.54. The van der Waals surface area contributed by atoms with Gasteiger partial charge in [0, 0.05) is 5.69 Å². The van der Waals surface area contributed by atoms with Crippen LogP contribution in [0.2, 0.25) is 10.0 Å². The highest BCUT2D eigenvalue weighted by molar-refractivity contribution is 8.18. The molecule has 1 fully saturated rings. The molecule has 1 saturated heterocycles. The molecule has 6 nitrogen and oxygen atoms in total. The van der Waals surface area contributed by atoms with E-state index in [9.17, 15) is 9.59 Å². The van der Waals surface area contributed by atoms with E-state index in [1.54, 1.807) is 36.4 Å². The number of benzene rings is 3. The Morgan fingerprint density at radius 2 is 1.79 bits per heavy atom. The summed E-state index contributed by atoms with van der Waals surface area (Å²) >= 11 is 13.1. The molecule has 0 saturated carbocycles. The lowest BCUT2D eigenvalue weighted by atomic mass is 10.2. The van der Waals surface area contributed by atoms with Gasteiger partial charge < -0.3 is 15.4 Å². The molecule has 1 heterocycles. The first kappa shape index (κ1) is 23.9. The minimum absolute atomic E-state index is 0.169. The summed E-state index contributed by atoms with van der Waals surface area (Å²) in [7, 11) is 0. The van der Waals surface area contributed by atoms with Crippen LogP contribution in [0, 0.1) is 6.92 Å². The van der Waals surface area contributed by atoms with Crippen LogP contribution >= 0.6 is 35.0 Å². The summed E-state index contributed by atoms with van der Waals surface area (Å²) in [6.07, 6.45) is 1.78. The molecular formula is C25H19Cl2N3O3S. The number of halogens is 2. The van der Waals surface area contributed by atoms with Crippen LogP contribution in [0.4, 0.5) is 11.4 Å². The van der Waals surface area contributed by atoms with Gasteiger partial charge in [-0.15, -0.1) is 0 Å². The number of amides is 2. The highest BCUT2D eigenvalue weighted by Gasteiger charge is 2.23. The van der Waals surface area contributed by atoms with Crippen molar-refractivity contribution >= 4 is 69.4 Å². The number of amidine groups is 1. The zero-order valence-electron chi connectivity index (χ0n) is 18.0. The molecule has 0 aliphatic carbocycles. The minimum Gasteiger partial charge on any atom is -0.484 e. The number of carbonyl (C=O) groups excluding carboxylic acids is 2. The largest absolute Gasteiger partial charge is 0.484 e. The smallest absolute Gasteiger partial charge is 0.264 e. The number of anilines is 1. The number of hydrogen-bond acceptors (Lipinski definition) is 5. The van der Waals surface area contributed by atoms with E-state index in [1.165, 1.54) is 11.8 Å². The van der Waals surface area contributed by atoms with Gasteiger partial charge in [-0.1, -0.05) is 53.0 Å². The summed E-state index contributed by atoms with van der Waals surface area (Å²) in [4.78, 5) is 29.4. The molecular weight excluding hydrogens is 493 g/mol. The van der Waals surface area contributed by atoms with Crippen LogP contribution in [-0.2, 0) is 9.59 Å². The molecule has 3 aromatic rings. The van der Waals surface area contributed by atoms with Gasteiger partial charge in [0.15, 0.2) is 11.8 Å². The normalized spacial score (nSPS) is 15.4. The fourth-order valence-corrected chi connectivity index (χ4v) is 4.09. The van der Waals surface area contributed by atoms with Gasteiger partial charge in [0.05, 0.1) is 20.6 Å². The summed E-state index contributed by atoms with van der Waals surface area (Å²) in [6, 6.07) is 19.7. The van der Waals surface area contributed by atoms with E-state index in [0.29, 0.717) is 31.6 Å². The first-order chi connectivity index (χ1) is 16.4. The van der Waals surface area contributed by atoms with Gasteiger partial charge in [0.25, 0.3) is 11.8 Å². The van der Waals surface area contributed by atoms with Crippen molar-refractivity contribution in [2.24, 2.45) is 4.99 Å². The van der Waals surface area contributed by atoms with Gasteiger partial charge in [-0.3, -0.25) is 9.59 Å². The quantitative estimate of drug-likeness (QED) is 0.385. The first-order valence-corrected chi connectivity index (χ1v) is 11.8. The van der Waals surface area contributed by atoms with E-state index >= 15 is 0 Å². The predicted octanol–water partition coefficient (Wildman–Crippen LogP) is 6.21. The molecule has 172 valence electrons. The molecule has 0 spiro atoms. The Labute approximate surface area is 211 Å². The van der Waals surface area contributed by atoms with Crippen molar-refractivity contribution in [1.29, 1.82) is 0 Å². The molecule has 1 aliphatic rings. The second-order valence-electron chi connectivity index (χ2n) is 7.35. The number of aryl methyl sites for hydroxylation is 1. The van der Waals surface area contributed by atoms with Crippen molar-refractivity contribution < 1.29 is 14.3 Å². The molecule has 2 amide bonds. The van der Waals surface area contributed by atoms with Gasteiger partial charge >= 0.3 is 0 Å². The van der Waals surface area contributed by atoms with Crippen LogP contribution in [-0.4, -0.2) is 23.6 Å². The van der Waals surface area contributed by atoms with Crippen molar-refractivity contribution in [1.82, 2.24) is 5.32 Å². The van der Waals surface area contributed by atoms with Crippen LogP contribution in [0.3, 0.4) is 0 Å². The molecule has 0 radical (unpaired) electrons. The number of hydrogen-bond donors (Lipinski definition) is 2. The Balaban J connectivity index is 1.33. The molecule has 0 unspecified atom stereocenters.